The van der Waals surface area contributed by atoms with Gasteiger partial charge in [-0.15, -0.1) is 0 Å². The van der Waals surface area contributed by atoms with E-state index in [-0.39, 0.29) is 11.3 Å². The fraction of sp³-hybridized carbons (Fsp3) is 0.290. The van der Waals surface area contributed by atoms with Crippen molar-refractivity contribution in [3.05, 3.63) is 90.1 Å². The smallest absolute Gasteiger partial charge is 0.255 e. The maximum atomic E-state index is 14.8. The van der Waals surface area contributed by atoms with E-state index in [0.29, 0.717) is 16.6 Å². The first kappa shape index (κ1) is 27.6. The summed E-state index contributed by atoms with van der Waals surface area (Å²) in [7, 11) is 0. The topological polar surface area (TPSA) is 45.2 Å². The largest absolute Gasteiger partial charge is 0.322 e. The third kappa shape index (κ3) is 6.70. The minimum Gasteiger partial charge on any atom is -0.322 e. The van der Waals surface area contributed by atoms with Crippen LogP contribution in [0.5, 0.6) is 0 Å². The molecule has 1 aliphatic rings. The summed E-state index contributed by atoms with van der Waals surface area (Å²) in [5.74, 6) is -1.35. The molecule has 5 rings (SSSR count). The number of carbonyl (C=O) groups excluding carboxylic acids is 1. The van der Waals surface area contributed by atoms with Gasteiger partial charge >= 0.3 is 0 Å². The van der Waals surface area contributed by atoms with Gasteiger partial charge in [0, 0.05) is 52.4 Å². The lowest BCUT2D eigenvalue weighted by Gasteiger charge is -2.21. The number of pyridine rings is 1. The van der Waals surface area contributed by atoms with Crippen LogP contribution in [0.4, 0.5) is 20.2 Å². The second-order valence-electron chi connectivity index (χ2n) is 9.20. The van der Waals surface area contributed by atoms with Gasteiger partial charge < -0.3 is 9.62 Å². The molecular weight excluding hydrogens is 500 g/mol. The van der Waals surface area contributed by atoms with Gasteiger partial charge in [-0.1, -0.05) is 57.4 Å². The number of unbranched alkanes of at least 4 members (excludes halogenated alkanes) is 1. The van der Waals surface area contributed by atoms with Crippen LogP contribution in [0.2, 0.25) is 0 Å². The molecule has 1 N–H and O–H groups in total. The van der Waals surface area contributed by atoms with Gasteiger partial charge in [0.2, 0.25) is 0 Å². The predicted molar refractivity (Wildman–Crippen MR) is 156 cm³/mol. The number of aromatic nitrogens is 1. The first-order chi connectivity index (χ1) is 18.5. The van der Waals surface area contributed by atoms with Crippen molar-refractivity contribution in [3.63, 3.8) is 0 Å². The fourth-order valence-electron chi connectivity index (χ4n) is 4.13. The Morgan fingerprint density at radius 2 is 1.74 bits per heavy atom. The Morgan fingerprint density at radius 1 is 0.974 bits per heavy atom. The molecule has 4 aromatic rings. The second kappa shape index (κ2) is 13.4. The van der Waals surface area contributed by atoms with E-state index in [1.54, 1.807) is 30.3 Å². The number of rotatable bonds is 5. The monoisotopic (exact) mass is 533 g/mol. The van der Waals surface area contributed by atoms with Crippen molar-refractivity contribution in [2.45, 2.75) is 46.0 Å². The van der Waals surface area contributed by atoms with E-state index in [4.69, 9.17) is 0 Å². The van der Waals surface area contributed by atoms with E-state index < -0.39 is 17.5 Å². The standard InChI is InChI=1S/C27H23F2N3OS.C4H10/c28-24-17-20(16-23(25(24)29)26-22-7-3-2-6-18(22)12-13-30-26)31-27(33)19-8-10-21(11-9-19)32-14-4-1-5-15-34-32;1-3-4-2/h2-3,6-13,16-17H,1,4-5,14-15H2,(H,31,33);3-4H2,1-2H3. The first-order valence-electron chi connectivity index (χ1n) is 13.2. The molecule has 0 aliphatic carbocycles. The highest BCUT2D eigenvalue weighted by Crippen LogP contribution is 2.32. The number of nitrogens with one attached hydrogen (secondary N) is 1. The second-order valence-corrected chi connectivity index (χ2v) is 10.3. The van der Waals surface area contributed by atoms with Gasteiger partial charge in [-0.3, -0.25) is 9.78 Å². The number of hydrogen-bond donors (Lipinski definition) is 1. The zero-order chi connectivity index (χ0) is 26.9. The van der Waals surface area contributed by atoms with Crippen LogP contribution in [-0.4, -0.2) is 23.2 Å². The lowest BCUT2D eigenvalue weighted by atomic mass is 10.0. The number of anilines is 2. The molecule has 1 saturated heterocycles. The van der Waals surface area contributed by atoms with Crippen molar-refractivity contribution in [2.24, 2.45) is 0 Å². The van der Waals surface area contributed by atoms with Gasteiger partial charge in [-0.25, -0.2) is 8.78 Å². The Kier molecular flexibility index (Phi) is 9.71. The van der Waals surface area contributed by atoms with Crippen molar-refractivity contribution >= 4 is 40.0 Å². The lowest BCUT2D eigenvalue weighted by molar-refractivity contribution is 0.102. The van der Waals surface area contributed by atoms with Gasteiger partial charge in [0.15, 0.2) is 11.6 Å². The van der Waals surface area contributed by atoms with Crippen LogP contribution in [0.25, 0.3) is 22.0 Å². The summed E-state index contributed by atoms with van der Waals surface area (Å²) in [4.78, 5) is 17.1. The number of fused-ring (bicyclic) bond motifs is 1. The molecule has 0 saturated carbocycles. The summed E-state index contributed by atoms with van der Waals surface area (Å²) < 4.78 is 31.5. The van der Waals surface area contributed by atoms with Crippen molar-refractivity contribution in [1.29, 1.82) is 0 Å². The average molecular weight is 534 g/mol. The van der Waals surface area contributed by atoms with Crippen LogP contribution in [0.15, 0.2) is 72.9 Å². The third-order valence-electron chi connectivity index (χ3n) is 6.38. The predicted octanol–water partition coefficient (Wildman–Crippen LogP) is 8.88. The number of hydrogen-bond acceptors (Lipinski definition) is 4. The zero-order valence-corrected chi connectivity index (χ0v) is 22.7. The Morgan fingerprint density at radius 3 is 2.50 bits per heavy atom. The molecule has 38 heavy (non-hydrogen) atoms. The SMILES string of the molecule is CCCC.O=C(Nc1cc(F)c(F)c(-c2nccc3ccccc23)c1)c1ccc(N2CCCCCS2)cc1. The normalized spacial score (nSPS) is 13.4. The molecule has 4 nitrogen and oxygen atoms in total. The Balaban J connectivity index is 0.000000786. The molecule has 0 atom stereocenters. The number of halogens is 2. The van der Waals surface area contributed by atoms with Crippen LogP contribution in [0.1, 0.15) is 56.3 Å². The molecule has 2 heterocycles. The quantitative estimate of drug-likeness (QED) is 0.260. The molecule has 3 aromatic carbocycles. The van der Waals surface area contributed by atoms with Crippen molar-refractivity contribution in [2.75, 3.05) is 21.9 Å². The minimum atomic E-state index is -1.05. The maximum absolute atomic E-state index is 14.8. The molecule has 1 amide bonds. The molecule has 7 heteroatoms. The van der Waals surface area contributed by atoms with E-state index in [0.717, 1.165) is 35.9 Å². The molecular formula is C31H33F2N3OS. The highest BCUT2D eigenvalue weighted by atomic mass is 32.2. The summed E-state index contributed by atoms with van der Waals surface area (Å²) in [6.45, 7) is 5.34. The average Bonchev–Trinajstić information content (AvgIpc) is 3.25. The van der Waals surface area contributed by atoms with Crippen LogP contribution in [0.3, 0.4) is 0 Å². The molecule has 0 bridgehead atoms. The van der Waals surface area contributed by atoms with Crippen LogP contribution < -0.4 is 9.62 Å². The van der Waals surface area contributed by atoms with Crippen molar-refractivity contribution < 1.29 is 13.6 Å². The molecule has 0 unspecified atom stereocenters. The molecule has 0 radical (unpaired) electrons. The molecule has 1 fully saturated rings. The number of nitrogens with zero attached hydrogens (tertiary/aromatic N) is 2. The summed E-state index contributed by atoms with van der Waals surface area (Å²) in [5, 5.41) is 4.27. The number of carbonyl (C=O) groups is 1. The summed E-state index contributed by atoms with van der Waals surface area (Å²) in [5.41, 5.74) is 1.99. The van der Waals surface area contributed by atoms with Crippen molar-refractivity contribution in [3.8, 4) is 11.3 Å². The van der Waals surface area contributed by atoms with Crippen LogP contribution in [0, 0.1) is 11.6 Å². The molecule has 198 valence electrons. The van der Waals surface area contributed by atoms with Crippen molar-refractivity contribution in [1.82, 2.24) is 4.98 Å². The fourth-order valence-corrected chi connectivity index (χ4v) is 5.21. The Labute approximate surface area is 227 Å². The van der Waals surface area contributed by atoms with Gasteiger partial charge in [-0.2, -0.15) is 0 Å². The number of amides is 1. The van der Waals surface area contributed by atoms with E-state index >= 15 is 0 Å². The van der Waals surface area contributed by atoms with E-state index in [9.17, 15) is 13.6 Å². The highest BCUT2D eigenvalue weighted by Gasteiger charge is 2.18. The van der Waals surface area contributed by atoms with E-state index in [1.807, 2.05) is 42.5 Å². The molecule has 0 spiro atoms. The summed E-state index contributed by atoms with van der Waals surface area (Å²) in [6, 6.07) is 19.0. The Bertz CT molecular complexity index is 1360. The lowest BCUT2D eigenvalue weighted by Crippen LogP contribution is -2.16. The summed E-state index contributed by atoms with van der Waals surface area (Å²) >= 11 is 1.81. The first-order valence-corrected chi connectivity index (χ1v) is 14.1. The van der Waals surface area contributed by atoms with Gasteiger partial charge in [-0.05, 0) is 66.6 Å². The molecule has 1 aromatic heterocycles. The van der Waals surface area contributed by atoms with E-state index in [2.05, 4.69) is 28.5 Å². The number of benzene rings is 3. The van der Waals surface area contributed by atoms with Crippen LogP contribution >= 0.6 is 11.9 Å². The zero-order valence-electron chi connectivity index (χ0n) is 21.8. The molecule has 1 aliphatic heterocycles. The van der Waals surface area contributed by atoms with Gasteiger partial charge in [0.25, 0.3) is 5.91 Å². The van der Waals surface area contributed by atoms with Gasteiger partial charge in [0.05, 0.1) is 5.69 Å². The van der Waals surface area contributed by atoms with E-state index in [1.165, 1.54) is 31.7 Å². The minimum absolute atomic E-state index is 0.000589. The third-order valence-corrected chi connectivity index (χ3v) is 7.56. The summed E-state index contributed by atoms with van der Waals surface area (Å²) in [6.07, 6.45) is 7.80. The highest BCUT2D eigenvalue weighted by molar-refractivity contribution is 8.00. The van der Waals surface area contributed by atoms with Gasteiger partial charge in [0.1, 0.15) is 0 Å². The maximum Gasteiger partial charge on any atom is 0.255 e. The Hall–Kier alpha value is -3.45. The van der Waals surface area contributed by atoms with Crippen LogP contribution in [-0.2, 0) is 0 Å².